The minimum absolute atomic E-state index is 0.134. The second kappa shape index (κ2) is 5.78. The number of nitrogens with two attached hydrogens (primary N) is 1. The molecule has 1 fully saturated rings. The summed E-state index contributed by atoms with van der Waals surface area (Å²) in [7, 11) is 1.55. The highest BCUT2D eigenvalue weighted by Gasteiger charge is 2.23. The Bertz CT molecular complexity index is 421. The zero-order valence-corrected chi connectivity index (χ0v) is 11.1. The van der Waals surface area contributed by atoms with Crippen molar-refractivity contribution in [2.75, 3.05) is 20.3 Å². The number of halogens is 1. The molecule has 0 saturated heterocycles. The molecule has 0 amide bonds. The van der Waals surface area contributed by atoms with Crippen LogP contribution in [0.3, 0.4) is 0 Å². The van der Waals surface area contributed by atoms with Crippen LogP contribution in [0.15, 0.2) is 12.1 Å². The van der Waals surface area contributed by atoms with Crippen LogP contribution in [-0.4, -0.2) is 25.4 Å². The van der Waals surface area contributed by atoms with E-state index in [0.29, 0.717) is 29.0 Å². The van der Waals surface area contributed by atoms with E-state index in [4.69, 9.17) is 31.9 Å². The number of aliphatic hydroxyl groups is 1. The molecule has 0 aromatic heterocycles. The van der Waals surface area contributed by atoms with Gasteiger partial charge < -0.3 is 20.3 Å². The molecule has 5 heteroatoms. The zero-order chi connectivity index (χ0) is 13.1. The normalized spacial score (nSPS) is 16.4. The van der Waals surface area contributed by atoms with E-state index in [9.17, 15) is 0 Å². The molecule has 4 nitrogen and oxygen atoms in total. The van der Waals surface area contributed by atoms with Crippen LogP contribution in [0.5, 0.6) is 11.5 Å². The number of aliphatic hydroxyl groups excluding tert-OH is 1. The molecular formula is C13H18ClNO3. The standard InChI is InChI=1S/C13H18ClNO3/c1-17-13-10(14)4-9(11(15)6-16)5-12(13)18-7-8-2-3-8/h4-5,8,11,16H,2-3,6-7,15H2,1H3. The van der Waals surface area contributed by atoms with Gasteiger partial charge in [0.15, 0.2) is 11.5 Å². The molecule has 1 aromatic rings. The summed E-state index contributed by atoms with van der Waals surface area (Å²) in [5.41, 5.74) is 6.53. The number of ether oxygens (including phenoxy) is 2. The first-order valence-electron chi connectivity index (χ1n) is 6.02. The Balaban J connectivity index is 2.23. The van der Waals surface area contributed by atoms with Gasteiger partial charge in [0, 0.05) is 0 Å². The predicted molar refractivity (Wildman–Crippen MR) is 70.2 cm³/mol. The summed E-state index contributed by atoms with van der Waals surface area (Å²) in [4.78, 5) is 0. The molecule has 0 bridgehead atoms. The van der Waals surface area contributed by atoms with Gasteiger partial charge in [-0.1, -0.05) is 11.6 Å². The smallest absolute Gasteiger partial charge is 0.179 e. The highest BCUT2D eigenvalue weighted by atomic mass is 35.5. The van der Waals surface area contributed by atoms with Crippen LogP contribution in [0.2, 0.25) is 5.02 Å². The molecule has 0 spiro atoms. The summed E-state index contributed by atoms with van der Waals surface area (Å²) in [6.07, 6.45) is 2.43. The van der Waals surface area contributed by atoms with Crippen LogP contribution in [0, 0.1) is 5.92 Å². The van der Waals surface area contributed by atoms with Gasteiger partial charge in [-0.25, -0.2) is 0 Å². The number of hydrogen-bond donors (Lipinski definition) is 2. The summed E-state index contributed by atoms with van der Waals surface area (Å²) in [6, 6.07) is 3.02. The first kappa shape index (κ1) is 13.5. The van der Waals surface area contributed by atoms with E-state index in [2.05, 4.69) is 0 Å². The summed E-state index contributed by atoms with van der Waals surface area (Å²) in [5.74, 6) is 1.76. The van der Waals surface area contributed by atoms with Crippen molar-refractivity contribution in [3.8, 4) is 11.5 Å². The van der Waals surface area contributed by atoms with Gasteiger partial charge in [-0.05, 0) is 36.5 Å². The van der Waals surface area contributed by atoms with E-state index in [-0.39, 0.29) is 6.61 Å². The van der Waals surface area contributed by atoms with E-state index in [0.717, 1.165) is 5.56 Å². The van der Waals surface area contributed by atoms with Crippen molar-refractivity contribution in [2.24, 2.45) is 11.7 Å². The summed E-state index contributed by atoms with van der Waals surface area (Å²) in [6.45, 7) is 0.537. The van der Waals surface area contributed by atoms with E-state index >= 15 is 0 Å². The van der Waals surface area contributed by atoms with Gasteiger partial charge in [-0.15, -0.1) is 0 Å². The van der Waals surface area contributed by atoms with Gasteiger partial charge >= 0.3 is 0 Å². The third-order valence-corrected chi connectivity index (χ3v) is 3.31. The van der Waals surface area contributed by atoms with Crippen molar-refractivity contribution in [3.05, 3.63) is 22.7 Å². The lowest BCUT2D eigenvalue weighted by molar-refractivity contribution is 0.265. The van der Waals surface area contributed by atoms with Crippen molar-refractivity contribution in [2.45, 2.75) is 18.9 Å². The number of methoxy groups -OCH3 is 1. The first-order chi connectivity index (χ1) is 8.65. The third kappa shape index (κ3) is 3.07. The van der Waals surface area contributed by atoms with Crippen molar-refractivity contribution in [1.82, 2.24) is 0 Å². The van der Waals surface area contributed by atoms with Crippen molar-refractivity contribution in [1.29, 1.82) is 0 Å². The van der Waals surface area contributed by atoms with Gasteiger partial charge in [-0.3, -0.25) is 0 Å². The largest absolute Gasteiger partial charge is 0.491 e. The van der Waals surface area contributed by atoms with Crippen LogP contribution < -0.4 is 15.2 Å². The minimum atomic E-state index is -0.461. The molecule has 18 heavy (non-hydrogen) atoms. The molecule has 1 unspecified atom stereocenters. The fraction of sp³-hybridized carbons (Fsp3) is 0.538. The molecule has 0 heterocycles. The van der Waals surface area contributed by atoms with Crippen molar-refractivity contribution < 1.29 is 14.6 Å². The lowest BCUT2D eigenvalue weighted by atomic mass is 10.1. The fourth-order valence-corrected chi connectivity index (χ4v) is 2.00. The van der Waals surface area contributed by atoms with E-state index in [1.54, 1.807) is 19.2 Å². The van der Waals surface area contributed by atoms with Crippen LogP contribution >= 0.6 is 11.6 Å². The third-order valence-electron chi connectivity index (χ3n) is 3.03. The SMILES string of the molecule is COc1c(Cl)cc(C(N)CO)cc1OCC1CC1. The van der Waals surface area contributed by atoms with E-state index < -0.39 is 6.04 Å². The quantitative estimate of drug-likeness (QED) is 0.832. The Morgan fingerprint density at radius 1 is 1.50 bits per heavy atom. The summed E-state index contributed by atoms with van der Waals surface area (Å²) in [5, 5.41) is 9.53. The summed E-state index contributed by atoms with van der Waals surface area (Å²) >= 11 is 6.12. The Labute approximate surface area is 112 Å². The van der Waals surface area contributed by atoms with Crippen molar-refractivity contribution in [3.63, 3.8) is 0 Å². The zero-order valence-electron chi connectivity index (χ0n) is 10.4. The average Bonchev–Trinajstić information content (AvgIpc) is 3.18. The van der Waals surface area contributed by atoms with Gasteiger partial charge in [0.2, 0.25) is 0 Å². The molecule has 0 radical (unpaired) electrons. The second-order valence-electron chi connectivity index (χ2n) is 4.58. The molecule has 1 aliphatic carbocycles. The number of hydrogen-bond acceptors (Lipinski definition) is 4. The van der Waals surface area contributed by atoms with Crippen LogP contribution in [-0.2, 0) is 0 Å². The molecule has 100 valence electrons. The molecular weight excluding hydrogens is 254 g/mol. The molecule has 1 saturated carbocycles. The Morgan fingerprint density at radius 2 is 2.22 bits per heavy atom. The molecule has 0 aliphatic heterocycles. The molecule has 1 aliphatic rings. The lowest BCUT2D eigenvalue weighted by Crippen LogP contribution is -2.15. The van der Waals surface area contributed by atoms with Gasteiger partial charge in [0.05, 0.1) is 31.4 Å². The average molecular weight is 272 g/mol. The van der Waals surface area contributed by atoms with Crippen LogP contribution in [0.1, 0.15) is 24.4 Å². The maximum atomic E-state index is 9.08. The highest BCUT2D eigenvalue weighted by molar-refractivity contribution is 6.32. The Hall–Kier alpha value is -0.970. The maximum absolute atomic E-state index is 9.08. The maximum Gasteiger partial charge on any atom is 0.179 e. The highest BCUT2D eigenvalue weighted by Crippen LogP contribution is 2.39. The van der Waals surface area contributed by atoms with Crippen LogP contribution in [0.25, 0.3) is 0 Å². The molecule has 2 rings (SSSR count). The van der Waals surface area contributed by atoms with Gasteiger partial charge in [0.1, 0.15) is 0 Å². The summed E-state index contributed by atoms with van der Waals surface area (Å²) < 4.78 is 11.0. The molecule has 1 atom stereocenters. The predicted octanol–water partition coefficient (Wildman–Crippen LogP) is 2.13. The molecule has 3 N–H and O–H groups in total. The number of rotatable bonds is 6. The second-order valence-corrected chi connectivity index (χ2v) is 4.98. The topological polar surface area (TPSA) is 64.7 Å². The van der Waals surface area contributed by atoms with Gasteiger partial charge in [0.25, 0.3) is 0 Å². The first-order valence-corrected chi connectivity index (χ1v) is 6.40. The lowest BCUT2D eigenvalue weighted by Gasteiger charge is -2.16. The van der Waals surface area contributed by atoms with E-state index in [1.165, 1.54) is 12.8 Å². The van der Waals surface area contributed by atoms with Crippen molar-refractivity contribution >= 4 is 11.6 Å². The number of benzene rings is 1. The Morgan fingerprint density at radius 3 is 2.78 bits per heavy atom. The monoisotopic (exact) mass is 271 g/mol. The minimum Gasteiger partial charge on any atom is -0.491 e. The van der Waals surface area contributed by atoms with Crippen LogP contribution in [0.4, 0.5) is 0 Å². The van der Waals surface area contributed by atoms with Gasteiger partial charge in [-0.2, -0.15) is 0 Å². The molecule has 1 aromatic carbocycles. The fourth-order valence-electron chi connectivity index (χ4n) is 1.71. The van der Waals surface area contributed by atoms with E-state index in [1.807, 2.05) is 0 Å². The Kier molecular flexibility index (Phi) is 4.32.